The van der Waals surface area contributed by atoms with Gasteiger partial charge in [0.1, 0.15) is 13.2 Å². The summed E-state index contributed by atoms with van der Waals surface area (Å²) in [7, 11) is 0. The van der Waals surface area contributed by atoms with E-state index in [9.17, 15) is 14.4 Å². The molecule has 0 aliphatic rings. The highest BCUT2D eigenvalue weighted by atomic mass is 16.6. The zero-order chi connectivity index (χ0) is 50.0. The molecule has 0 radical (unpaired) electrons. The van der Waals surface area contributed by atoms with E-state index in [1.165, 1.54) is 193 Å². The van der Waals surface area contributed by atoms with E-state index in [0.29, 0.717) is 19.3 Å². The minimum absolute atomic E-state index is 0.0743. The summed E-state index contributed by atoms with van der Waals surface area (Å²) in [5.74, 6) is -0.877. The second kappa shape index (κ2) is 57.9. The summed E-state index contributed by atoms with van der Waals surface area (Å²) in [6, 6.07) is 0. The minimum Gasteiger partial charge on any atom is -0.462 e. The molecule has 0 saturated carbocycles. The maximum absolute atomic E-state index is 12.8. The SMILES string of the molecule is CC/C=C\C/C=C\C/C=C\CCCCCCCCCC(=O)OC(COC(=O)CCCCCCCCC)COC(=O)CCCCCCCCCCCCCCCCC/C=C\CCCCCCCCCC. The molecule has 0 aliphatic carbocycles. The van der Waals surface area contributed by atoms with Crippen molar-refractivity contribution in [3.05, 3.63) is 48.6 Å². The van der Waals surface area contributed by atoms with Gasteiger partial charge in [-0.1, -0.05) is 268 Å². The lowest BCUT2D eigenvalue weighted by molar-refractivity contribution is -0.167. The molecule has 1 atom stereocenters. The molecule has 402 valence electrons. The van der Waals surface area contributed by atoms with Crippen LogP contribution in [-0.4, -0.2) is 37.2 Å². The van der Waals surface area contributed by atoms with Crippen molar-refractivity contribution in [3.63, 3.8) is 0 Å². The molecule has 6 nitrogen and oxygen atoms in total. The molecule has 69 heavy (non-hydrogen) atoms. The summed E-state index contributed by atoms with van der Waals surface area (Å²) in [5, 5.41) is 0. The van der Waals surface area contributed by atoms with Gasteiger partial charge in [0.15, 0.2) is 6.10 Å². The Hall–Kier alpha value is -2.63. The van der Waals surface area contributed by atoms with Crippen LogP contribution < -0.4 is 0 Å². The molecule has 6 heteroatoms. The molecular weight excluding hydrogens is 853 g/mol. The molecule has 0 amide bonds. The van der Waals surface area contributed by atoms with Crippen molar-refractivity contribution in [3.8, 4) is 0 Å². The molecule has 0 bridgehead atoms. The smallest absolute Gasteiger partial charge is 0.306 e. The van der Waals surface area contributed by atoms with Gasteiger partial charge in [-0.25, -0.2) is 0 Å². The van der Waals surface area contributed by atoms with Crippen LogP contribution in [0.3, 0.4) is 0 Å². The third-order valence-corrected chi connectivity index (χ3v) is 13.3. The molecule has 0 rings (SSSR count). The van der Waals surface area contributed by atoms with Gasteiger partial charge in [0.05, 0.1) is 0 Å². The third-order valence-electron chi connectivity index (χ3n) is 13.3. The lowest BCUT2D eigenvalue weighted by Crippen LogP contribution is -2.30. The second-order valence-corrected chi connectivity index (χ2v) is 20.2. The van der Waals surface area contributed by atoms with Crippen LogP contribution in [0.25, 0.3) is 0 Å². The number of unbranched alkanes of at least 4 members (excludes halogenated alkanes) is 36. The summed E-state index contributed by atoms with van der Waals surface area (Å²) < 4.78 is 16.8. The van der Waals surface area contributed by atoms with Gasteiger partial charge in [-0.3, -0.25) is 14.4 Å². The highest BCUT2D eigenvalue weighted by molar-refractivity contribution is 5.71. The molecule has 0 saturated heterocycles. The van der Waals surface area contributed by atoms with Gasteiger partial charge in [0, 0.05) is 19.3 Å². The number of hydrogen-bond acceptors (Lipinski definition) is 6. The van der Waals surface area contributed by atoms with Crippen molar-refractivity contribution in [2.45, 2.75) is 322 Å². The van der Waals surface area contributed by atoms with E-state index in [4.69, 9.17) is 14.2 Å². The molecule has 1 unspecified atom stereocenters. The first kappa shape index (κ1) is 66.4. The first-order chi connectivity index (χ1) is 34.0. The summed E-state index contributed by atoms with van der Waals surface area (Å²) in [6.45, 7) is 6.51. The van der Waals surface area contributed by atoms with Gasteiger partial charge in [-0.2, -0.15) is 0 Å². The van der Waals surface area contributed by atoms with Gasteiger partial charge < -0.3 is 14.2 Å². The van der Waals surface area contributed by atoms with Gasteiger partial charge >= 0.3 is 17.9 Å². The van der Waals surface area contributed by atoms with Crippen molar-refractivity contribution in [1.82, 2.24) is 0 Å². The van der Waals surface area contributed by atoms with Crippen LogP contribution in [0.15, 0.2) is 48.6 Å². The van der Waals surface area contributed by atoms with Crippen LogP contribution in [0.5, 0.6) is 0 Å². The predicted octanol–water partition coefficient (Wildman–Crippen LogP) is 20.2. The highest BCUT2D eigenvalue weighted by Crippen LogP contribution is 2.17. The molecular formula is C63H114O6. The third kappa shape index (κ3) is 56.2. The maximum atomic E-state index is 12.8. The Kier molecular flexibility index (Phi) is 55.7. The number of carbonyl (C=O) groups excluding carboxylic acids is 3. The van der Waals surface area contributed by atoms with Crippen molar-refractivity contribution in [2.75, 3.05) is 13.2 Å². The Bertz CT molecular complexity index is 1200. The van der Waals surface area contributed by atoms with E-state index < -0.39 is 6.10 Å². The number of carbonyl (C=O) groups is 3. The Morgan fingerprint density at radius 2 is 0.565 bits per heavy atom. The fourth-order valence-corrected chi connectivity index (χ4v) is 8.81. The monoisotopic (exact) mass is 967 g/mol. The summed E-state index contributed by atoms with van der Waals surface area (Å²) >= 11 is 0. The first-order valence-corrected chi connectivity index (χ1v) is 30.1. The summed E-state index contributed by atoms with van der Waals surface area (Å²) in [4.78, 5) is 38.0. The van der Waals surface area contributed by atoms with Gasteiger partial charge in [-0.05, 0) is 77.0 Å². The van der Waals surface area contributed by atoms with Gasteiger partial charge in [0.25, 0.3) is 0 Å². The normalized spacial score (nSPS) is 12.3. The largest absolute Gasteiger partial charge is 0.462 e. The van der Waals surface area contributed by atoms with Crippen molar-refractivity contribution < 1.29 is 28.6 Å². The highest BCUT2D eigenvalue weighted by Gasteiger charge is 2.19. The molecule has 0 aromatic rings. The Morgan fingerprint density at radius 3 is 0.899 bits per heavy atom. The average molecular weight is 968 g/mol. The number of allylic oxidation sites excluding steroid dienone is 8. The van der Waals surface area contributed by atoms with Crippen LogP contribution in [-0.2, 0) is 28.6 Å². The first-order valence-electron chi connectivity index (χ1n) is 30.1. The van der Waals surface area contributed by atoms with Crippen LogP contribution in [0.4, 0.5) is 0 Å². The van der Waals surface area contributed by atoms with E-state index in [0.717, 1.165) is 83.5 Å². The Labute approximate surface area is 428 Å². The standard InChI is InChI=1S/C63H114O6/c1-4-7-10-13-16-18-20-22-24-26-27-28-29-30-31-32-33-34-35-37-38-40-42-44-47-50-53-56-62(65)68-59-60(58-67-61(64)55-52-49-46-15-12-9-6-3)69-63(66)57-54-51-48-45-43-41-39-36-25-23-21-19-17-14-11-8-5-2/h8,11,17,19,23,25-27,60H,4-7,9-10,12-16,18,20-22,24,28-59H2,1-3H3/b11-8-,19-17-,25-23-,27-26-. The fourth-order valence-electron chi connectivity index (χ4n) is 8.81. The molecule has 0 spiro atoms. The van der Waals surface area contributed by atoms with Crippen molar-refractivity contribution >= 4 is 17.9 Å². The van der Waals surface area contributed by atoms with Crippen LogP contribution in [0.1, 0.15) is 316 Å². The van der Waals surface area contributed by atoms with E-state index >= 15 is 0 Å². The van der Waals surface area contributed by atoms with E-state index in [1.807, 2.05) is 0 Å². The zero-order valence-corrected chi connectivity index (χ0v) is 46.1. The summed E-state index contributed by atoms with van der Waals surface area (Å²) in [5.41, 5.74) is 0. The fraction of sp³-hybridized carbons (Fsp3) is 0.825. The molecule has 0 aromatic carbocycles. The maximum Gasteiger partial charge on any atom is 0.306 e. The predicted molar refractivity (Wildman–Crippen MR) is 298 cm³/mol. The summed E-state index contributed by atoms with van der Waals surface area (Å²) in [6.07, 6.45) is 71.4. The van der Waals surface area contributed by atoms with Crippen molar-refractivity contribution in [1.29, 1.82) is 0 Å². The van der Waals surface area contributed by atoms with Gasteiger partial charge in [-0.15, -0.1) is 0 Å². The molecule has 0 heterocycles. The number of ether oxygens (including phenoxy) is 3. The van der Waals surface area contributed by atoms with Crippen LogP contribution >= 0.6 is 0 Å². The van der Waals surface area contributed by atoms with Crippen LogP contribution in [0.2, 0.25) is 0 Å². The Morgan fingerprint density at radius 1 is 0.304 bits per heavy atom. The number of rotatable bonds is 55. The van der Waals surface area contributed by atoms with E-state index in [1.54, 1.807) is 0 Å². The average Bonchev–Trinajstić information content (AvgIpc) is 3.35. The zero-order valence-electron chi connectivity index (χ0n) is 46.1. The van der Waals surface area contributed by atoms with Crippen molar-refractivity contribution in [2.24, 2.45) is 0 Å². The number of hydrogen-bond donors (Lipinski definition) is 0. The number of esters is 3. The molecule has 0 fully saturated rings. The lowest BCUT2D eigenvalue weighted by Gasteiger charge is -2.18. The Balaban J connectivity index is 4.08. The second-order valence-electron chi connectivity index (χ2n) is 20.2. The van der Waals surface area contributed by atoms with Crippen LogP contribution in [0, 0.1) is 0 Å². The lowest BCUT2D eigenvalue weighted by atomic mass is 10.0. The van der Waals surface area contributed by atoms with E-state index in [2.05, 4.69) is 69.4 Å². The van der Waals surface area contributed by atoms with E-state index in [-0.39, 0.29) is 31.1 Å². The molecule has 0 N–H and O–H groups in total. The molecule has 0 aromatic heterocycles. The van der Waals surface area contributed by atoms with Gasteiger partial charge in [0.2, 0.25) is 0 Å². The minimum atomic E-state index is -0.774. The quantitative estimate of drug-likeness (QED) is 0.0262. The topological polar surface area (TPSA) is 78.9 Å². The molecule has 0 aliphatic heterocycles.